The first kappa shape index (κ1) is 14.5. The minimum Gasteiger partial charge on any atom is -0.388 e. The van der Waals surface area contributed by atoms with Crippen molar-refractivity contribution in [1.29, 1.82) is 0 Å². The number of anilines is 2. The van der Waals surface area contributed by atoms with Gasteiger partial charge in [0.05, 0.1) is 11.1 Å². The van der Waals surface area contributed by atoms with E-state index >= 15 is 0 Å². The molecule has 0 radical (unpaired) electrons. The molecule has 3 rings (SSSR count). The second kappa shape index (κ2) is 5.75. The van der Waals surface area contributed by atoms with Crippen LogP contribution in [-0.2, 0) is 0 Å². The van der Waals surface area contributed by atoms with Crippen LogP contribution >= 0.6 is 15.9 Å². The second-order valence-electron chi connectivity index (χ2n) is 5.42. The number of benzene rings is 1. The first-order valence-corrected chi connectivity index (χ1v) is 7.75. The van der Waals surface area contributed by atoms with Crippen molar-refractivity contribution < 1.29 is 5.11 Å². The summed E-state index contributed by atoms with van der Waals surface area (Å²) in [5.74, 6) is 0.948. The Labute approximate surface area is 131 Å². The largest absolute Gasteiger partial charge is 0.388 e. The van der Waals surface area contributed by atoms with Crippen LogP contribution in [0.4, 0.5) is 11.8 Å². The van der Waals surface area contributed by atoms with Gasteiger partial charge in [-0.05, 0) is 37.6 Å². The molecule has 1 aliphatic heterocycles. The minimum atomic E-state index is -0.627. The number of nitrogens with two attached hydrogens (primary N) is 1. The third-order valence-corrected chi connectivity index (χ3v) is 4.28. The van der Waals surface area contributed by atoms with E-state index in [4.69, 9.17) is 5.73 Å². The van der Waals surface area contributed by atoms with Gasteiger partial charge in [0.15, 0.2) is 0 Å². The maximum Gasteiger partial charge on any atom is 0.225 e. The molecule has 5 N–H and O–H groups in total. The number of rotatable bonds is 4. The highest BCUT2D eigenvalue weighted by Crippen LogP contribution is 2.23. The van der Waals surface area contributed by atoms with E-state index < -0.39 is 5.60 Å². The van der Waals surface area contributed by atoms with E-state index in [1.807, 2.05) is 18.2 Å². The smallest absolute Gasteiger partial charge is 0.225 e. The summed E-state index contributed by atoms with van der Waals surface area (Å²) in [7, 11) is 0. The highest BCUT2D eigenvalue weighted by atomic mass is 79.9. The number of aromatic nitrogens is 2. The summed E-state index contributed by atoms with van der Waals surface area (Å²) in [6, 6.07) is 5.72. The number of nitrogens with zero attached hydrogens (tertiary/aromatic N) is 2. The van der Waals surface area contributed by atoms with Crippen LogP contribution < -0.4 is 16.4 Å². The van der Waals surface area contributed by atoms with E-state index in [2.05, 4.69) is 36.5 Å². The molecule has 7 heteroatoms. The van der Waals surface area contributed by atoms with Gasteiger partial charge in [-0.3, -0.25) is 0 Å². The second-order valence-corrected chi connectivity index (χ2v) is 6.34. The summed E-state index contributed by atoms with van der Waals surface area (Å²) >= 11 is 3.42. The topological polar surface area (TPSA) is 96.1 Å². The molecule has 1 fully saturated rings. The fraction of sp³-hybridized carbons (Fsp3) is 0.429. The first-order valence-electron chi connectivity index (χ1n) is 6.96. The van der Waals surface area contributed by atoms with Crippen molar-refractivity contribution in [2.45, 2.75) is 18.4 Å². The molecule has 21 heavy (non-hydrogen) atoms. The molecule has 2 heterocycles. The molecular weight excluding hydrogens is 334 g/mol. The highest BCUT2D eigenvalue weighted by Gasteiger charge is 2.30. The molecular formula is C14H18BrN5O. The predicted octanol–water partition coefficient (Wildman–Crippen LogP) is 1.50. The van der Waals surface area contributed by atoms with Gasteiger partial charge in [0.25, 0.3) is 0 Å². The van der Waals surface area contributed by atoms with E-state index in [1.54, 1.807) is 0 Å². The lowest BCUT2D eigenvalue weighted by atomic mass is 9.99. The van der Waals surface area contributed by atoms with Crippen molar-refractivity contribution in [3.8, 4) is 0 Å². The molecule has 1 atom stereocenters. The van der Waals surface area contributed by atoms with E-state index in [9.17, 15) is 5.11 Å². The molecule has 0 amide bonds. The zero-order valence-corrected chi connectivity index (χ0v) is 13.2. The van der Waals surface area contributed by atoms with Crippen molar-refractivity contribution in [3.63, 3.8) is 0 Å². The molecule has 1 aromatic heterocycles. The third-order valence-electron chi connectivity index (χ3n) is 3.78. The molecule has 0 spiro atoms. The van der Waals surface area contributed by atoms with Crippen LogP contribution in [0.15, 0.2) is 22.7 Å². The fourth-order valence-electron chi connectivity index (χ4n) is 2.56. The van der Waals surface area contributed by atoms with Crippen LogP contribution in [0.25, 0.3) is 10.9 Å². The number of aliphatic hydroxyl groups is 1. The van der Waals surface area contributed by atoms with Crippen molar-refractivity contribution in [2.24, 2.45) is 0 Å². The Kier molecular flexibility index (Phi) is 3.97. The molecule has 0 bridgehead atoms. The van der Waals surface area contributed by atoms with Crippen LogP contribution in [0, 0.1) is 0 Å². The predicted molar refractivity (Wildman–Crippen MR) is 87.2 cm³/mol. The van der Waals surface area contributed by atoms with Crippen molar-refractivity contribution in [2.75, 3.05) is 30.7 Å². The maximum absolute atomic E-state index is 10.3. The molecule has 1 saturated heterocycles. The Hall–Kier alpha value is -1.44. The van der Waals surface area contributed by atoms with E-state index in [0.29, 0.717) is 31.3 Å². The van der Waals surface area contributed by atoms with Gasteiger partial charge >= 0.3 is 0 Å². The van der Waals surface area contributed by atoms with Gasteiger partial charge in [-0.15, -0.1) is 0 Å². The lowest BCUT2D eigenvalue weighted by Gasteiger charge is -2.21. The maximum atomic E-state index is 10.3. The minimum absolute atomic E-state index is 0.455. The third kappa shape index (κ3) is 3.25. The van der Waals surface area contributed by atoms with Crippen molar-refractivity contribution in [3.05, 3.63) is 22.7 Å². The number of nitrogen functional groups attached to an aromatic ring is 1. The van der Waals surface area contributed by atoms with Crippen LogP contribution in [0.1, 0.15) is 12.8 Å². The van der Waals surface area contributed by atoms with Crippen LogP contribution in [0.5, 0.6) is 0 Å². The van der Waals surface area contributed by atoms with Gasteiger partial charge in [0.1, 0.15) is 5.82 Å². The molecule has 2 aromatic rings. The van der Waals surface area contributed by atoms with Crippen LogP contribution in [0.3, 0.4) is 0 Å². The molecule has 1 aromatic carbocycles. The lowest BCUT2D eigenvalue weighted by molar-refractivity contribution is 0.0560. The fourth-order valence-corrected chi connectivity index (χ4v) is 2.91. The van der Waals surface area contributed by atoms with Crippen molar-refractivity contribution in [1.82, 2.24) is 15.3 Å². The highest BCUT2D eigenvalue weighted by molar-refractivity contribution is 9.10. The van der Waals surface area contributed by atoms with Gasteiger partial charge in [0.2, 0.25) is 5.95 Å². The molecule has 0 aliphatic carbocycles. The van der Waals surface area contributed by atoms with E-state index in [-0.39, 0.29) is 0 Å². The Bertz CT molecular complexity index is 657. The number of hydrogen-bond acceptors (Lipinski definition) is 6. The monoisotopic (exact) mass is 351 g/mol. The number of hydrogen-bond donors (Lipinski definition) is 4. The van der Waals surface area contributed by atoms with E-state index in [0.717, 1.165) is 28.3 Å². The summed E-state index contributed by atoms with van der Waals surface area (Å²) in [5, 5.41) is 17.4. The number of nitrogens with one attached hydrogen (secondary N) is 2. The van der Waals surface area contributed by atoms with Crippen LogP contribution in [0.2, 0.25) is 0 Å². The van der Waals surface area contributed by atoms with Gasteiger partial charge in [0, 0.05) is 22.9 Å². The molecule has 112 valence electrons. The van der Waals surface area contributed by atoms with Gasteiger partial charge in [-0.1, -0.05) is 15.9 Å². The average Bonchev–Trinajstić information content (AvgIpc) is 2.85. The molecule has 1 unspecified atom stereocenters. The lowest BCUT2D eigenvalue weighted by Crippen LogP contribution is -2.33. The van der Waals surface area contributed by atoms with Crippen LogP contribution in [-0.4, -0.2) is 40.3 Å². The quantitative estimate of drug-likeness (QED) is 0.666. The summed E-state index contributed by atoms with van der Waals surface area (Å²) in [6.07, 6.45) is 1.43. The Morgan fingerprint density at radius 3 is 3.05 bits per heavy atom. The van der Waals surface area contributed by atoms with Crippen molar-refractivity contribution >= 4 is 38.6 Å². The Morgan fingerprint density at radius 2 is 2.29 bits per heavy atom. The zero-order valence-electron chi connectivity index (χ0n) is 11.6. The Balaban J connectivity index is 1.72. The number of β-amino-alcohol motifs (C(OH)–C–C–N with tert-alkyl or cyclic N) is 1. The van der Waals surface area contributed by atoms with E-state index in [1.165, 1.54) is 0 Å². The summed E-state index contributed by atoms with van der Waals surface area (Å²) < 4.78 is 0.949. The normalized spacial score (nSPS) is 21.8. The number of halogens is 1. The molecule has 1 aliphatic rings. The first-order chi connectivity index (χ1) is 10.1. The average molecular weight is 352 g/mol. The standard InChI is InChI=1S/C14H18BrN5O/c15-9-1-2-10-11(7-9)19-13(20-12(10)16)18-6-4-14(21)3-5-17-8-14/h1-2,7,17,21H,3-6,8H2,(H3,16,18,19,20). The summed E-state index contributed by atoms with van der Waals surface area (Å²) in [6.45, 7) is 2.11. The SMILES string of the molecule is Nc1nc(NCCC2(O)CCNC2)nc2cc(Br)ccc12. The van der Waals surface area contributed by atoms with Gasteiger partial charge in [-0.25, -0.2) is 4.98 Å². The summed E-state index contributed by atoms with van der Waals surface area (Å²) in [5.41, 5.74) is 6.13. The van der Waals surface area contributed by atoms with Gasteiger partial charge in [-0.2, -0.15) is 4.98 Å². The molecule has 6 nitrogen and oxygen atoms in total. The Morgan fingerprint density at radius 1 is 1.43 bits per heavy atom. The summed E-state index contributed by atoms with van der Waals surface area (Å²) in [4.78, 5) is 8.72. The zero-order chi connectivity index (χ0) is 14.9. The van der Waals surface area contributed by atoms with Gasteiger partial charge < -0.3 is 21.5 Å². The number of fused-ring (bicyclic) bond motifs is 1. The molecule has 0 saturated carbocycles.